The number of carbonyl (C=O) groups is 1. The first kappa shape index (κ1) is 10.3. The molecule has 0 aromatic carbocycles. The van der Waals surface area contributed by atoms with E-state index in [1.807, 2.05) is 0 Å². The minimum absolute atomic E-state index is 0.0628. The first-order valence-corrected chi connectivity index (χ1v) is 4.68. The lowest BCUT2D eigenvalue weighted by Crippen LogP contribution is -2.60. The summed E-state index contributed by atoms with van der Waals surface area (Å²) in [5, 5.41) is 0. The highest BCUT2D eigenvalue weighted by molar-refractivity contribution is 5.69. The molecule has 0 aliphatic carbocycles. The van der Waals surface area contributed by atoms with Crippen LogP contribution in [0, 0.1) is 5.92 Å². The van der Waals surface area contributed by atoms with Gasteiger partial charge in [-0.25, -0.2) is 4.79 Å². The number of nitrogens with zero attached hydrogens (tertiary/aromatic N) is 1. The fraction of sp³-hybridized carbons (Fsp3) is 0.889. The molecule has 0 aromatic heterocycles. The summed E-state index contributed by atoms with van der Waals surface area (Å²) in [5.74, 6) is 0.400. The molecule has 0 radical (unpaired) electrons. The Morgan fingerprint density at radius 2 is 2.23 bits per heavy atom. The topological polar surface area (TPSA) is 55.6 Å². The van der Waals surface area contributed by atoms with Gasteiger partial charge in [0.1, 0.15) is 0 Å². The Labute approximate surface area is 79.0 Å². The van der Waals surface area contributed by atoms with E-state index in [4.69, 9.17) is 5.73 Å². The molecular formula is C9H18N2O2. The average molecular weight is 186 g/mol. The van der Waals surface area contributed by atoms with Gasteiger partial charge in [-0.2, -0.15) is 0 Å². The monoisotopic (exact) mass is 186 g/mol. The van der Waals surface area contributed by atoms with Crippen LogP contribution in [0.2, 0.25) is 0 Å². The molecule has 0 aromatic rings. The van der Waals surface area contributed by atoms with E-state index in [-0.39, 0.29) is 18.2 Å². The van der Waals surface area contributed by atoms with Gasteiger partial charge in [0.2, 0.25) is 0 Å². The zero-order valence-electron chi connectivity index (χ0n) is 8.49. The van der Waals surface area contributed by atoms with Crippen LogP contribution in [0.15, 0.2) is 0 Å². The molecule has 1 saturated heterocycles. The standard InChI is InChI=1S/C9H18N2O2/c1-6(2)8(10)7-4-5-11(7)9(12)13-3/h6-8H,4-5,10H2,1-3H3. The molecule has 1 fully saturated rings. The van der Waals surface area contributed by atoms with Crippen molar-refractivity contribution >= 4 is 6.09 Å². The Kier molecular flexibility index (Phi) is 3.14. The lowest BCUT2D eigenvalue weighted by Gasteiger charge is -2.44. The maximum absolute atomic E-state index is 11.2. The Morgan fingerprint density at radius 3 is 2.54 bits per heavy atom. The van der Waals surface area contributed by atoms with Gasteiger partial charge in [-0.3, -0.25) is 0 Å². The van der Waals surface area contributed by atoms with E-state index in [1.165, 1.54) is 7.11 Å². The molecule has 1 heterocycles. The normalized spacial score (nSPS) is 24.1. The number of carbonyl (C=O) groups excluding carboxylic acids is 1. The summed E-state index contributed by atoms with van der Waals surface area (Å²) < 4.78 is 4.65. The van der Waals surface area contributed by atoms with Crippen molar-refractivity contribution in [1.29, 1.82) is 0 Å². The molecule has 1 aliphatic heterocycles. The molecule has 0 bridgehead atoms. The van der Waals surface area contributed by atoms with Crippen molar-refractivity contribution in [3.8, 4) is 0 Å². The number of amides is 1. The number of hydrogen-bond donors (Lipinski definition) is 1. The molecule has 2 unspecified atom stereocenters. The predicted octanol–water partition coefficient (Wildman–Crippen LogP) is 0.810. The van der Waals surface area contributed by atoms with Crippen molar-refractivity contribution < 1.29 is 9.53 Å². The van der Waals surface area contributed by atoms with Crippen molar-refractivity contribution in [2.24, 2.45) is 11.7 Å². The quantitative estimate of drug-likeness (QED) is 0.694. The lowest BCUT2D eigenvalue weighted by molar-refractivity contribution is 0.0437. The van der Waals surface area contributed by atoms with E-state index in [2.05, 4.69) is 18.6 Å². The van der Waals surface area contributed by atoms with E-state index >= 15 is 0 Å². The fourth-order valence-corrected chi connectivity index (χ4v) is 1.60. The largest absolute Gasteiger partial charge is 0.453 e. The van der Waals surface area contributed by atoms with Crippen molar-refractivity contribution in [1.82, 2.24) is 4.90 Å². The van der Waals surface area contributed by atoms with Crippen LogP contribution in [0.25, 0.3) is 0 Å². The molecule has 2 atom stereocenters. The summed E-state index contributed by atoms with van der Waals surface area (Å²) >= 11 is 0. The zero-order chi connectivity index (χ0) is 10.0. The Balaban J connectivity index is 2.49. The third kappa shape index (κ3) is 1.94. The highest BCUT2D eigenvalue weighted by Gasteiger charge is 2.37. The van der Waals surface area contributed by atoms with E-state index in [1.54, 1.807) is 4.90 Å². The van der Waals surface area contributed by atoms with Crippen LogP contribution < -0.4 is 5.73 Å². The molecule has 2 N–H and O–H groups in total. The molecular weight excluding hydrogens is 168 g/mol. The Morgan fingerprint density at radius 1 is 1.62 bits per heavy atom. The Bertz CT molecular complexity index is 194. The molecule has 4 heteroatoms. The van der Waals surface area contributed by atoms with Crippen molar-refractivity contribution in [2.45, 2.75) is 32.4 Å². The van der Waals surface area contributed by atoms with Crippen molar-refractivity contribution in [3.63, 3.8) is 0 Å². The fourth-order valence-electron chi connectivity index (χ4n) is 1.60. The molecule has 0 spiro atoms. The highest BCUT2D eigenvalue weighted by Crippen LogP contribution is 2.23. The molecule has 1 rings (SSSR count). The van der Waals surface area contributed by atoms with E-state index in [0.717, 1.165) is 13.0 Å². The maximum atomic E-state index is 11.2. The SMILES string of the molecule is COC(=O)N1CCC1C(N)C(C)C. The first-order chi connectivity index (χ1) is 6.07. The van der Waals surface area contributed by atoms with Gasteiger partial charge in [0.25, 0.3) is 0 Å². The van der Waals surface area contributed by atoms with Crippen LogP contribution in [-0.4, -0.2) is 36.7 Å². The maximum Gasteiger partial charge on any atom is 0.409 e. The summed E-state index contributed by atoms with van der Waals surface area (Å²) in [6, 6.07) is 0.236. The summed E-state index contributed by atoms with van der Waals surface area (Å²) in [6.07, 6.45) is 0.737. The third-order valence-electron chi connectivity index (χ3n) is 2.69. The summed E-state index contributed by atoms with van der Waals surface area (Å²) in [5.41, 5.74) is 5.96. The van der Waals surface area contributed by atoms with Gasteiger partial charge in [-0.15, -0.1) is 0 Å². The van der Waals surface area contributed by atoms with Crippen LogP contribution in [0.5, 0.6) is 0 Å². The number of methoxy groups -OCH3 is 1. The number of ether oxygens (including phenoxy) is 1. The predicted molar refractivity (Wildman–Crippen MR) is 50.3 cm³/mol. The number of rotatable bonds is 2. The summed E-state index contributed by atoms with van der Waals surface area (Å²) in [4.78, 5) is 12.9. The van der Waals surface area contributed by atoms with E-state index in [9.17, 15) is 4.79 Å². The molecule has 1 aliphatic rings. The second kappa shape index (κ2) is 3.96. The average Bonchev–Trinajstić information content (AvgIpc) is 2.01. The van der Waals surface area contributed by atoms with Gasteiger partial charge < -0.3 is 15.4 Å². The van der Waals surface area contributed by atoms with Crippen LogP contribution in [0.4, 0.5) is 4.79 Å². The number of likely N-dealkylation sites (tertiary alicyclic amines) is 1. The summed E-state index contributed by atoms with van der Waals surface area (Å²) in [6.45, 7) is 4.91. The Hall–Kier alpha value is -0.770. The van der Waals surface area contributed by atoms with Gasteiger partial charge in [0.15, 0.2) is 0 Å². The molecule has 76 valence electrons. The molecule has 4 nitrogen and oxygen atoms in total. The van der Waals surface area contributed by atoms with Gasteiger partial charge in [-0.1, -0.05) is 13.8 Å². The lowest BCUT2D eigenvalue weighted by atomic mass is 9.89. The van der Waals surface area contributed by atoms with Crippen molar-refractivity contribution in [3.05, 3.63) is 0 Å². The molecule has 0 saturated carbocycles. The van der Waals surface area contributed by atoms with Gasteiger partial charge >= 0.3 is 6.09 Å². The first-order valence-electron chi connectivity index (χ1n) is 4.68. The second-order valence-electron chi connectivity index (χ2n) is 3.84. The summed E-state index contributed by atoms with van der Waals surface area (Å²) in [7, 11) is 1.40. The van der Waals surface area contributed by atoms with E-state index < -0.39 is 0 Å². The van der Waals surface area contributed by atoms with E-state index in [0.29, 0.717) is 5.92 Å². The third-order valence-corrected chi connectivity index (χ3v) is 2.69. The second-order valence-corrected chi connectivity index (χ2v) is 3.84. The smallest absolute Gasteiger partial charge is 0.409 e. The van der Waals surface area contributed by atoms with Crippen LogP contribution in [0.3, 0.4) is 0 Å². The minimum Gasteiger partial charge on any atom is -0.453 e. The van der Waals surface area contributed by atoms with Crippen LogP contribution in [0.1, 0.15) is 20.3 Å². The number of nitrogens with two attached hydrogens (primary N) is 1. The van der Waals surface area contributed by atoms with Crippen molar-refractivity contribution in [2.75, 3.05) is 13.7 Å². The van der Waals surface area contributed by atoms with Gasteiger partial charge in [-0.05, 0) is 12.3 Å². The number of hydrogen-bond acceptors (Lipinski definition) is 3. The zero-order valence-corrected chi connectivity index (χ0v) is 8.49. The van der Waals surface area contributed by atoms with Crippen LogP contribution >= 0.6 is 0 Å². The highest BCUT2D eigenvalue weighted by atomic mass is 16.5. The van der Waals surface area contributed by atoms with Crippen LogP contribution in [-0.2, 0) is 4.74 Å². The minimum atomic E-state index is -0.257. The molecule has 13 heavy (non-hydrogen) atoms. The van der Waals surface area contributed by atoms with Gasteiger partial charge in [0, 0.05) is 12.6 Å². The molecule has 1 amide bonds. The van der Waals surface area contributed by atoms with Gasteiger partial charge in [0.05, 0.1) is 13.2 Å².